The third-order valence-corrected chi connectivity index (χ3v) is 4.51. The molecule has 2 atom stereocenters. The summed E-state index contributed by atoms with van der Waals surface area (Å²) in [4.78, 5) is 7.04. The van der Waals surface area contributed by atoms with Crippen LogP contribution in [0.1, 0.15) is 42.9 Å². The van der Waals surface area contributed by atoms with E-state index in [1.54, 1.807) is 0 Å². The first-order valence-corrected chi connectivity index (χ1v) is 7.17. The molecule has 2 aliphatic rings. The highest BCUT2D eigenvalue weighted by molar-refractivity contribution is 5.27. The first kappa shape index (κ1) is 12.1. The molecule has 0 spiro atoms. The third-order valence-electron chi connectivity index (χ3n) is 4.51. The van der Waals surface area contributed by atoms with E-state index in [2.05, 4.69) is 29.1 Å². The number of likely N-dealkylation sites (tertiary alicyclic amines) is 1. The summed E-state index contributed by atoms with van der Waals surface area (Å²) < 4.78 is 0. The normalized spacial score (nSPS) is 29.4. The molecule has 0 aromatic carbocycles. The van der Waals surface area contributed by atoms with Gasteiger partial charge in [-0.25, -0.2) is 0 Å². The Kier molecular flexibility index (Phi) is 3.35. The van der Waals surface area contributed by atoms with Crippen LogP contribution < -0.4 is 5.73 Å². The number of pyridine rings is 1. The van der Waals surface area contributed by atoms with Crippen molar-refractivity contribution in [1.82, 2.24) is 9.88 Å². The standard InChI is InChI=1S/C15H23N3/c1-11-6-7-17-10-14(11)15-12(9-16)3-2-8-18(15)13-4-5-13/h6-7,10,12-13,15H,2-5,8-9,16H2,1H3. The lowest BCUT2D eigenvalue weighted by molar-refractivity contribution is 0.0873. The molecule has 1 saturated carbocycles. The van der Waals surface area contributed by atoms with Crippen molar-refractivity contribution >= 4 is 0 Å². The van der Waals surface area contributed by atoms with Crippen LogP contribution in [0.3, 0.4) is 0 Å². The topological polar surface area (TPSA) is 42.1 Å². The Bertz CT molecular complexity index is 414. The summed E-state index contributed by atoms with van der Waals surface area (Å²) in [7, 11) is 0. The summed E-state index contributed by atoms with van der Waals surface area (Å²) in [5.41, 5.74) is 8.78. The summed E-state index contributed by atoms with van der Waals surface area (Å²) in [6.07, 6.45) is 9.25. The first-order valence-electron chi connectivity index (χ1n) is 7.17. The number of piperidine rings is 1. The molecular formula is C15H23N3. The number of nitrogens with zero attached hydrogens (tertiary/aromatic N) is 2. The van der Waals surface area contributed by atoms with E-state index in [-0.39, 0.29) is 0 Å². The molecule has 2 unspecified atom stereocenters. The first-order chi connectivity index (χ1) is 8.81. The van der Waals surface area contributed by atoms with Gasteiger partial charge in [0.15, 0.2) is 0 Å². The van der Waals surface area contributed by atoms with Gasteiger partial charge in [-0.1, -0.05) is 0 Å². The van der Waals surface area contributed by atoms with E-state index < -0.39 is 0 Å². The van der Waals surface area contributed by atoms with Crippen LogP contribution in [-0.4, -0.2) is 29.0 Å². The fourth-order valence-electron chi connectivity index (χ4n) is 3.38. The fourth-order valence-corrected chi connectivity index (χ4v) is 3.38. The van der Waals surface area contributed by atoms with Gasteiger partial charge >= 0.3 is 0 Å². The Morgan fingerprint density at radius 2 is 2.22 bits per heavy atom. The molecule has 1 aliphatic heterocycles. The number of rotatable bonds is 3. The average molecular weight is 245 g/mol. The van der Waals surface area contributed by atoms with Crippen molar-refractivity contribution in [2.24, 2.45) is 11.7 Å². The van der Waals surface area contributed by atoms with Gasteiger partial charge < -0.3 is 5.73 Å². The predicted octanol–water partition coefficient (Wildman–Crippen LogP) is 2.26. The Morgan fingerprint density at radius 3 is 2.89 bits per heavy atom. The summed E-state index contributed by atoms with van der Waals surface area (Å²) in [5, 5.41) is 0. The molecule has 3 heteroatoms. The van der Waals surface area contributed by atoms with Crippen LogP contribution in [0, 0.1) is 12.8 Å². The predicted molar refractivity (Wildman–Crippen MR) is 73.2 cm³/mol. The van der Waals surface area contributed by atoms with Gasteiger partial charge in [-0.05, 0) is 68.8 Å². The maximum Gasteiger partial charge on any atom is 0.0409 e. The Morgan fingerprint density at radius 1 is 1.39 bits per heavy atom. The van der Waals surface area contributed by atoms with Crippen LogP contribution in [0.5, 0.6) is 0 Å². The van der Waals surface area contributed by atoms with E-state index >= 15 is 0 Å². The van der Waals surface area contributed by atoms with Gasteiger partial charge in [0.1, 0.15) is 0 Å². The van der Waals surface area contributed by atoms with E-state index in [0.29, 0.717) is 12.0 Å². The molecular weight excluding hydrogens is 222 g/mol. The van der Waals surface area contributed by atoms with E-state index in [9.17, 15) is 0 Å². The molecule has 98 valence electrons. The summed E-state index contributed by atoms with van der Waals surface area (Å²) >= 11 is 0. The van der Waals surface area contributed by atoms with Crippen LogP contribution in [0.2, 0.25) is 0 Å². The zero-order chi connectivity index (χ0) is 12.5. The van der Waals surface area contributed by atoms with Gasteiger partial charge in [-0.2, -0.15) is 0 Å². The van der Waals surface area contributed by atoms with Crippen molar-refractivity contribution in [2.45, 2.75) is 44.7 Å². The number of hydrogen-bond acceptors (Lipinski definition) is 3. The highest BCUT2D eigenvalue weighted by atomic mass is 15.2. The molecule has 3 rings (SSSR count). The molecule has 1 aromatic heterocycles. The maximum atomic E-state index is 6.02. The second kappa shape index (κ2) is 4.98. The molecule has 2 fully saturated rings. The van der Waals surface area contributed by atoms with Crippen molar-refractivity contribution in [3.05, 3.63) is 29.6 Å². The largest absolute Gasteiger partial charge is 0.330 e. The SMILES string of the molecule is Cc1ccncc1C1C(CN)CCCN1C1CC1. The minimum atomic E-state index is 0.505. The van der Waals surface area contributed by atoms with Crippen LogP contribution in [-0.2, 0) is 0 Å². The minimum Gasteiger partial charge on any atom is -0.330 e. The molecule has 0 radical (unpaired) electrons. The molecule has 3 nitrogen and oxygen atoms in total. The molecule has 1 aliphatic carbocycles. The monoisotopic (exact) mass is 245 g/mol. The van der Waals surface area contributed by atoms with E-state index in [0.717, 1.165) is 12.6 Å². The molecule has 0 bridgehead atoms. The quantitative estimate of drug-likeness (QED) is 0.888. The van der Waals surface area contributed by atoms with Crippen LogP contribution in [0.4, 0.5) is 0 Å². The fraction of sp³-hybridized carbons (Fsp3) is 0.667. The van der Waals surface area contributed by atoms with Gasteiger partial charge in [0.2, 0.25) is 0 Å². The summed E-state index contributed by atoms with van der Waals surface area (Å²) in [6.45, 7) is 4.23. The van der Waals surface area contributed by atoms with Crippen molar-refractivity contribution in [1.29, 1.82) is 0 Å². The maximum absolute atomic E-state index is 6.02. The van der Waals surface area contributed by atoms with Gasteiger partial charge in [0.25, 0.3) is 0 Å². The summed E-state index contributed by atoms with van der Waals surface area (Å²) in [5.74, 6) is 0.599. The van der Waals surface area contributed by atoms with Crippen molar-refractivity contribution in [2.75, 3.05) is 13.1 Å². The van der Waals surface area contributed by atoms with E-state index in [4.69, 9.17) is 5.73 Å². The highest BCUT2D eigenvalue weighted by Crippen LogP contribution is 2.42. The second-order valence-corrected chi connectivity index (χ2v) is 5.78. The number of aromatic nitrogens is 1. The molecule has 0 amide bonds. The van der Waals surface area contributed by atoms with Gasteiger partial charge in [-0.15, -0.1) is 0 Å². The van der Waals surface area contributed by atoms with Gasteiger partial charge in [0, 0.05) is 24.5 Å². The van der Waals surface area contributed by atoms with Crippen molar-refractivity contribution in [3.8, 4) is 0 Å². The Labute approximate surface area is 109 Å². The lowest BCUT2D eigenvalue weighted by Gasteiger charge is -2.42. The van der Waals surface area contributed by atoms with E-state index in [1.807, 2.05) is 6.20 Å². The van der Waals surface area contributed by atoms with Crippen LogP contribution in [0.25, 0.3) is 0 Å². The summed E-state index contributed by atoms with van der Waals surface area (Å²) in [6, 6.07) is 3.44. The van der Waals surface area contributed by atoms with Gasteiger partial charge in [-0.3, -0.25) is 9.88 Å². The molecule has 2 N–H and O–H groups in total. The van der Waals surface area contributed by atoms with Crippen molar-refractivity contribution < 1.29 is 0 Å². The molecule has 1 aromatic rings. The average Bonchev–Trinajstić information content (AvgIpc) is 3.23. The third kappa shape index (κ3) is 2.17. The number of hydrogen-bond donors (Lipinski definition) is 1. The lowest BCUT2D eigenvalue weighted by Crippen LogP contribution is -2.43. The molecule has 1 saturated heterocycles. The zero-order valence-corrected chi connectivity index (χ0v) is 11.2. The second-order valence-electron chi connectivity index (χ2n) is 5.78. The van der Waals surface area contributed by atoms with Crippen molar-refractivity contribution in [3.63, 3.8) is 0 Å². The molecule has 2 heterocycles. The minimum absolute atomic E-state index is 0.505. The lowest BCUT2D eigenvalue weighted by atomic mass is 9.83. The van der Waals surface area contributed by atoms with Crippen LogP contribution >= 0.6 is 0 Å². The molecule has 18 heavy (non-hydrogen) atoms. The van der Waals surface area contributed by atoms with Crippen LogP contribution in [0.15, 0.2) is 18.5 Å². The number of nitrogens with two attached hydrogens (primary N) is 1. The Balaban J connectivity index is 1.94. The van der Waals surface area contributed by atoms with E-state index in [1.165, 1.54) is 43.4 Å². The number of aryl methyl sites for hydroxylation is 1. The highest BCUT2D eigenvalue weighted by Gasteiger charge is 2.40. The smallest absolute Gasteiger partial charge is 0.0409 e. The Hall–Kier alpha value is -0.930. The zero-order valence-electron chi connectivity index (χ0n) is 11.2. The van der Waals surface area contributed by atoms with Gasteiger partial charge in [0.05, 0.1) is 0 Å².